The van der Waals surface area contributed by atoms with E-state index >= 15 is 0 Å². The molecule has 6 nitrogen and oxygen atoms in total. The lowest BCUT2D eigenvalue weighted by Gasteiger charge is -2.22. The molecular formula is C27H35N5O. The summed E-state index contributed by atoms with van der Waals surface area (Å²) in [6.07, 6.45) is 7.82. The lowest BCUT2D eigenvalue weighted by atomic mass is 10.1. The molecule has 2 aromatic heterocycles. The molecule has 0 aliphatic carbocycles. The van der Waals surface area contributed by atoms with Gasteiger partial charge in [-0.05, 0) is 63.7 Å². The predicted octanol–water partition coefficient (Wildman–Crippen LogP) is 4.25. The molecule has 0 unspecified atom stereocenters. The third kappa shape index (κ3) is 4.96. The average Bonchev–Trinajstić information content (AvgIpc) is 3.00. The van der Waals surface area contributed by atoms with Crippen molar-refractivity contribution >= 4 is 17.1 Å². The number of fused-ring (bicyclic) bond motifs is 3. The first kappa shape index (κ1) is 22.1. The van der Waals surface area contributed by atoms with Crippen molar-refractivity contribution in [1.29, 1.82) is 0 Å². The Morgan fingerprint density at radius 2 is 1.82 bits per heavy atom. The van der Waals surface area contributed by atoms with Gasteiger partial charge in [-0.3, -0.25) is 4.79 Å². The molecule has 6 heteroatoms. The van der Waals surface area contributed by atoms with Crippen molar-refractivity contribution in [3.63, 3.8) is 0 Å². The molecule has 1 fully saturated rings. The van der Waals surface area contributed by atoms with Crippen LogP contribution in [0.3, 0.4) is 0 Å². The van der Waals surface area contributed by atoms with Gasteiger partial charge in [-0.1, -0.05) is 36.8 Å². The highest BCUT2D eigenvalue weighted by Gasteiger charge is 2.25. The van der Waals surface area contributed by atoms with Crippen LogP contribution in [0.4, 0.5) is 0 Å². The maximum absolute atomic E-state index is 13.6. The van der Waals surface area contributed by atoms with Crippen molar-refractivity contribution in [2.24, 2.45) is 0 Å². The van der Waals surface area contributed by atoms with Crippen LogP contribution in [0.5, 0.6) is 0 Å². The van der Waals surface area contributed by atoms with Gasteiger partial charge in [0.1, 0.15) is 11.3 Å². The second-order valence-electron chi connectivity index (χ2n) is 9.55. The minimum absolute atomic E-state index is 0.116. The summed E-state index contributed by atoms with van der Waals surface area (Å²) in [5.74, 6) is 1.21. The van der Waals surface area contributed by atoms with E-state index in [4.69, 9.17) is 9.97 Å². The van der Waals surface area contributed by atoms with Crippen LogP contribution in [-0.2, 0) is 19.4 Å². The lowest BCUT2D eigenvalue weighted by molar-refractivity contribution is 0.0763. The van der Waals surface area contributed by atoms with E-state index in [9.17, 15) is 4.79 Å². The van der Waals surface area contributed by atoms with E-state index in [0.29, 0.717) is 0 Å². The van der Waals surface area contributed by atoms with Crippen LogP contribution in [0.15, 0.2) is 36.4 Å². The fraction of sp³-hybridized carbons (Fsp3) is 0.519. The van der Waals surface area contributed by atoms with Crippen molar-refractivity contribution in [3.05, 3.63) is 59.0 Å². The van der Waals surface area contributed by atoms with Crippen molar-refractivity contribution in [2.75, 3.05) is 32.7 Å². The third-order valence-electron chi connectivity index (χ3n) is 7.08. The molecule has 3 aromatic rings. The summed E-state index contributed by atoms with van der Waals surface area (Å²) in [6.45, 7) is 7.62. The Labute approximate surface area is 196 Å². The number of carbonyl (C=O) groups is 1. The number of benzene rings is 1. The SMILES string of the molecule is Cc1cc(C(=O)N2CCCN(CCCc3ccccc3)CC2)c2nc3n(c2n1)CCCCC3. The molecule has 2 aliphatic heterocycles. The quantitative estimate of drug-likeness (QED) is 0.589. The summed E-state index contributed by atoms with van der Waals surface area (Å²) in [4.78, 5) is 27.9. The zero-order chi connectivity index (χ0) is 22.6. The molecule has 33 heavy (non-hydrogen) atoms. The zero-order valence-electron chi connectivity index (χ0n) is 19.8. The van der Waals surface area contributed by atoms with Gasteiger partial charge in [0.2, 0.25) is 0 Å². The zero-order valence-corrected chi connectivity index (χ0v) is 19.8. The van der Waals surface area contributed by atoms with Gasteiger partial charge in [0, 0.05) is 38.3 Å². The van der Waals surface area contributed by atoms with Crippen LogP contribution >= 0.6 is 0 Å². The van der Waals surface area contributed by atoms with E-state index in [2.05, 4.69) is 39.8 Å². The van der Waals surface area contributed by atoms with Crippen LogP contribution < -0.4 is 0 Å². The number of rotatable bonds is 5. The first-order chi connectivity index (χ1) is 16.2. The number of pyridine rings is 1. The molecule has 5 rings (SSSR count). The number of hydrogen-bond acceptors (Lipinski definition) is 4. The largest absolute Gasteiger partial charge is 0.337 e. The number of nitrogens with zero attached hydrogens (tertiary/aromatic N) is 5. The molecule has 0 radical (unpaired) electrons. The highest BCUT2D eigenvalue weighted by atomic mass is 16.2. The fourth-order valence-electron chi connectivity index (χ4n) is 5.30. The lowest BCUT2D eigenvalue weighted by Crippen LogP contribution is -2.35. The minimum atomic E-state index is 0.116. The molecule has 0 saturated carbocycles. The molecule has 1 saturated heterocycles. The Morgan fingerprint density at radius 1 is 0.939 bits per heavy atom. The molecule has 4 heterocycles. The first-order valence-electron chi connectivity index (χ1n) is 12.6. The molecule has 1 aromatic carbocycles. The molecule has 0 bridgehead atoms. The summed E-state index contributed by atoms with van der Waals surface area (Å²) in [7, 11) is 0. The Morgan fingerprint density at radius 3 is 2.70 bits per heavy atom. The molecular weight excluding hydrogens is 410 g/mol. The van der Waals surface area contributed by atoms with Crippen molar-refractivity contribution in [2.45, 2.75) is 58.4 Å². The highest BCUT2D eigenvalue weighted by molar-refractivity contribution is 6.04. The Bertz CT molecular complexity index is 1110. The highest BCUT2D eigenvalue weighted by Crippen LogP contribution is 2.25. The molecule has 0 spiro atoms. The predicted molar refractivity (Wildman–Crippen MR) is 132 cm³/mol. The van der Waals surface area contributed by atoms with Crippen LogP contribution in [-0.4, -0.2) is 63.0 Å². The van der Waals surface area contributed by atoms with Crippen molar-refractivity contribution in [1.82, 2.24) is 24.3 Å². The monoisotopic (exact) mass is 445 g/mol. The van der Waals surface area contributed by atoms with Gasteiger partial charge in [-0.25, -0.2) is 9.97 Å². The van der Waals surface area contributed by atoms with Gasteiger partial charge in [0.05, 0.1) is 5.56 Å². The normalized spacial score (nSPS) is 17.5. The second kappa shape index (κ2) is 10.0. The van der Waals surface area contributed by atoms with Crippen molar-refractivity contribution < 1.29 is 4.79 Å². The van der Waals surface area contributed by atoms with Gasteiger partial charge in [0.25, 0.3) is 5.91 Å². The van der Waals surface area contributed by atoms with Crippen LogP contribution in [0.1, 0.15) is 59.5 Å². The third-order valence-corrected chi connectivity index (χ3v) is 7.08. The number of amides is 1. The maximum Gasteiger partial charge on any atom is 0.256 e. The van der Waals surface area contributed by atoms with Crippen LogP contribution in [0.2, 0.25) is 0 Å². The Kier molecular flexibility index (Phi) is 6.72. The number of aryl methyl sites for hydroxylation is 4. The van der Waals surface area contributed by atoms with Crippen LogP contribution in [0.25, 0.3) is 11.2 Å². The van der Waals surface area contributed by atoms with E-state index in [0.717, 1.165) is 106 Å². The van der Waals surface area contributed by atoms with Crippen LogP contribution in [0, 0.1) is 6.92 Å². The van der Waals surface area contributed by atoms with E-state index < -0.39 is 0 Å². The standard InChI is InChI=1S/C27H35N5O/c1-21-20-23(25-26(28-21)32-17-7-3-6-13-24(32)29-25)27(33)31-16-9-15-30(18-19-31)14-8-12-22-10-4-2-5-11-22/h2,4-5,10-11,20H,3,6-9,12-19H2,1H3. The van der Waals surface area contributed by atoms with Gasteiger partial charge in [0.15, 0.2) is 5.65 Å². The number of aromatic nitrogens is 3. The molecule has 2 aliphatic rings. The first-order valence-corrected chi connectivity index (χ1v) is 12.6. The molecule has 0 atom stereocenters. The summed E-state index contributed by atoms with van der Waals surface area (Å²) in [5.41, 5.74) is 4.73. The summed E-state index contributed by atoms with van der Waals surface area (Å²) in [6, 6.07) is 12.6. The van der Waals surface area contributed by atoms with Gasteiger partial charge >= 0.3 is 0 Å². The van der Waals surface area contributed by atoms with Crippen molar-refractivity contribution in [3.8, 4) is 0 Å². The Hall–Kier alpha value is -2.73. The molecule has 0 N–H and O–H groups in total. The van der Waals surface area contributed by atoms with E-state index in [-0.39, 0.29) is 5.91 Å². The number of imidazole rings is 1. The number of hydrogen-bond donors (Lipinski definition) is 0. The average molecular weight is 446 g/mol. The van der Waals surface area contributed by atoms with Gasteiger partial charge in [-0.2, -0.15) is 0 Å². The van der Waals surface area contributed by atoms with Gasteiger partial charge < -0.3 is 14.4 Å². The maximum atomic E-state index is 13.6. The fourth-order valence-corrected chi connectivity index (χ4v) is 5.30. The molecule has 1 amide bonds. The van der Waals surface area contributed by atoms with Gasteiger partial charge in [-0.15, -0.1) is 0 Å². The number of carbonyl (C=O) groups excluding carboxylic acids is 1. The smallest absolute Gasteiger partial charge is 0.256 e. The topological polar surface area (TPSA) is 54.3 Å². The summed E-state index contributed by atoms with van der Waals surface area (Å²) >= 11 is 0. The summed E-state index contributed by atoms with van der Waals surface area (Å²) < 4.78 is 2.25. The van der Waals surface area contributed by atoms with E-state index in [1.807, 2.05) is 17.9 Å². The summed E-state index contributed by atoms with van der Waals surface area (Å²) in [5, 5.41) is 0. The Balaban J connectivity index is 1.27. The second-order valence-corrected chi connectivity index (χ2v) is 9.55. The minimum Gasteiger partial charge on any atom is -0.337 e. The molecule has 174 valence electrons. The van der Waals surface area contributed by atoms with E-state index in [1.165, 1.54) is 12.0 Å². The van der Waals surface area contributed by atoms with E-state index in [1.54, 1.807) is 0 Å².